The van der Waals surface area contributed by atoms with Gasteiger partial charge in [0.2, 0.25) is 0 Å². The Hall–Kier alpha value is -1.96. The zero-order valence-corrected chi connectivity index (χ0v) is 10.3. The second kappa shape index (κ2) is 4.13. The molecule has 0 spiro atoms. The van der Waals surface area contributed by atoms with Gasteiger partial charge in [-0.2, -0.15) is 0 Å². The molecule has 0 saturated carbocycles. The molecule has 0 aliphatic rings. The number of rotatable bonds is 1. The molecule has 2 aromatic carbocycles. The van der Waals surface area contributed by atoms with Crippen LogP contribution in [0.4, 0.5) is 0 Å². The fourth-order valence-electron chi connectivity index (χ4n) is 2.10. The van der Waals surface area contributed by atoms with Gasteiger partial charge in [0.1, 0.15) is 11.5 Å². The summed E-state index contributed by atoms with van der Waals surface area (Å²) < 4.78 is 0. The van der Waals surface area contributed by atoms with Gasteiger partial charge >= 0.3 is 0 Å². The lowest BCUT2D eigenvalue weighted by Gasteiger charge is -2.13. The molecule has 2 N–H and O–H groups in total. The van der Waals surface area contributed by atoms with Gasteiger partial charge in [-0.25, -0.2) is 0 Å². The van der Waals surface area contributed by atoms with E-state index in [9.17, 15) is 10.2 Å². The molecule has 2 aromatic rings. The molecule has 0 fully saturated rings. The minimum atomic E-state index is 0.248. The minimum Gasteiger partial charge on any atom is -0.508 e. The molecule has 2 heteroatoms. The van der Waals surface area contributed by atoms with E-state index in [4.69, 9.17) is 0 Å². The number of hydrogen-bond donors (Lipinski definition) is 2. The van der Waals surface area contributed by atoms with Gasteiger partial charge in [-0.1, -0.05) is 18.2 Å². The molecule has 0 unspecified atom stereocenters. The van der Waals surface area contributed by atoms with Crippen LogP contribution in [0.1, 0.15) is 16.7 Å². The van der Waals surface area contributed by atoms with Crippen LogP contribution in [0.15, 0.2) is 30.3 Å². The van der Waals surface area contributed by atoms with Crippen molar-refractivity contribution in [3.05, 3.63) is 47.0 Å². The Morgan fingerprint density at radius 3 is 2.24 bits per heavy atom. The highest BCUT2D eigenvalue weighted by molar-refractivity contribution is 5.78. The normalized spacial score (nSPS) is 10.5. The van der Waals surface area contributed by atoms with E-state index < -0.39 is 0 Å². The van der Waals surface area contributed by atoms with Crippen molar-refractivity contribution in [2.45, 2.75) is 20.8 Å². The molecule has 0 radical (unpaired) electrons. The second-order valence-electron chi connectivity index (χ2n) is 4.43. The average molecular weight is 228 g/mol. The Bertz CT molecular complexity index is 551. The molecule has 0 heterocycles. The Labute approximate surface area is 101 Å². The molecule has 0 aliphatic carbocycles. The molecule has 0 aliphatic heterocycles. The summed E-state index contributed by atoms with van der Waals surface area (Å²) in [6.07, 6.45) is 0. The van der Waals surface area contributed by atoms with Crippen LogP contribution < -0.4 is 0 Å². The van der Waals surface area contributed by atoms with E-state index in [1.54, 1.807) is 12.1 Å². The van der Waals surface area contributed by atoms with Crippen LogP contribution in [-0.2, 0) is 0 Å². The first-order valence-corrected chi connectivity index (χ1v) is 5.60. The molecular formula is C15H16O2. The van der Waals surface area contributed by atoms with Crippen molar-refractivity contribution in [1.29, 1.82) is 0 Å². The maximum absolute atomic E-state index is 9.97. The smallest absolute Gasteiger partial charge is 0.123 e. The lowest BCUT2D eigenvalue weighted by Crippen LogP contribution is -1.90. The third-order valence-corrected chi connectivity index (χ3v) is 3.04. The fraction of sp³-hybridized carbons (Fsp3) is 0.200. The summed E-state index contributed by atoms with van der Waals surface area (Å²) in [5, 5.41) is 19.8. The highest BCUT2D eigenvalue weighted by Crippen LogP contribution is 2.37. The third-order valence-electron chi connectivity index (χ3n) is 3.04. The fourth-order valence-corrected chi connectivity index (χ4v) is 2.10. The Kier molecular flexibility index (Phi) is 2.80. The zero-order valence-electron chi connectivity index (χ0n) is 10.3. The number of phenols is 2. The number of hydrogen-bond acceptors (Lipinski definition) is 2. The largest absolute Gasteiger partial charge is 0.508 e. The lowest BCUT2D eigenvalue weighted by molar-refractivity contribution is 0.470. The minimum absolute atomic E-state index is 0.248. The van der Waals surface area contributed by atoms with Gasteiger partial charge in [0.15, 0.2) is 0 Å². The molecule has 0 amide bonds. The standard InChI is InChI=1S/C15H16O2/c1-9-7-12(11(3)14(17)8-9)15-10(2)5-4-6-13(15)16/h4-8,16-17H,1-3H3. The van der Waals surface area contributed by atoms with E-state index in [0.29, 0.717) is 0 Å². The number of aryl methyl sites for hydroxylation is 2. The van der Waals surface area contributed by atoms with Crippen molar-refractivity contribution in [3.8, 4) is 22.6 Å². The molecule has 2 rings (SSSR count). The van der Waals surface area contributed by atoms with Crippen molar-refractivity contribution in [1.82, 2.24) is 0 Å². The first-order valence-electron chi connectivity index (χ1n) is 5.60. The summed E-state index contributed by atoms with van der Waals surface area (Å²) in [5.74, 6) is 0.515. The number of aromatic hydroxyl groups is 2. The number of benzene rings is 2. The van der Waals surface area contributed by atoms with Crippen molar-refractivity contribution < 1.29 is 10.2 Å². The summed E-state index contributed by atoms with van der Waals surface area (Å²) in [6, 6.07) is 9.15. The summed E-state index contributed by atoms with van der Waals surface area (Å²) >= 11 is 0. The van der Waals surface area contributed by atoms with Crippen molar-refractivity contribution in [3.63, 3.8) is 0 Å². The van der Waals surface area contributed by atoms with E-state index in [-0.39, 0.29) is 11.5 Å². The van der Waals surface area contributed by atoms with E-state index >= 15 is 0 Å². The monoisotopic (exact) mass is 228 g/mol. The summed E-state index contributed by atoms with van der Waals surface area (Å²) in [7, 11) is 0. The molecule has 88 valence electrons. The zero-order chi connectivity index (χ0) is 12.6. The number of phenolic OH excluding ortho intramolecular Hbond substituents is 2. The van der Waals surface area contributed by atoms with Crippen LogP contribution in [0.2, 0.25) is 0 Å². The van der Waals surface area contributed by atoms with Crippen molar-refractivity contribution in [2.75, 3.05) is 0 Å². The van der Waals surface area contributed by atoms with Crippen LogP contribution in [0.3, 0.4) is 0 Å². The maximum atomic E-state index is 9.97. The van der Waals surface area contributed by atoms with Gasteiger partial charge in [0.25, 0.3) is 0 Å². The Morgan fingerprint density at radius 1 is 0.882 bits per heavy atom. The van der Waals surface area contributed by atoms with E-state index in [1.807, 2.05) is 39.0 Å². The van der Waals surface area contributed by atoms with Gasteiger partial charge in [0.05, 0.1) is 0 Å². The van der Waals surface area contributed by atoms with Crippen LogP contribution in [0.5, 0.6) is 11.5 Å². The summed E-state index contributed by atoms with van der Waals surface area (Å²) in [6.45, 7) is 5.74. The quantitative estimate of drug-likeness (QED) is 0.781. The van der Waals surface area contributed by atoms with Crippen LogP contribution >= 0.6 is 0 Å². The molecule has 17 heavy (non-hydrogen) atoms. The molecular weight excluding hydrogens is 212 g/mol. The molecule has 0 aromatic heterocycles. The Balaban J connectivity index is 2.77. The van der Waals surface area contributed by atoms with Gasteiger partial charge in [-0.05, 0) is 55.2 Å². The predicted molar refractivity (Wildman–Crippen MR) is 69.4 cm³/mol. The van der Waals surface area contributed by atoms with Crippen molar-refractivity contribution >= 4 is 0 Å². The first-order chi connectivity index (χ1) is 8.00. The van der Waals surface area contributed by atoms with E-state index in [1.165, 1.54) is 0 Å². The van der Waals surface area contributed by atoms with E-state index in [2.05, 4.69) is 0 Å². The average Bonchev–Trinajstić information content (AvgIpc) is 2.24. The molecule has 0 bridgehead atoms. The SMILES string of the molecule is Cc1cc(O)c(C)c(-c2c(C)cccc2O)c1. The van der Waals surface area contributed by atoms with Gasteiger partial charge in [-0.3, -0.25) is 0 Å². The van der Waals surface area contributed by atoms with Crippen LogP contribution in [0.25, 0.3) is 11.1 Å². The molecule has 0 atom stereocenters. The molecule has 0 saturated heterocycles. The van der Waals surface area contributed by atoms with Crippen LogP contribution in [0, 0.1) is 20.8 Å². The van der Waals surface area contributed by atoms with Gasteiger partial charge in [0, 0.05) is 5.56 Å². The highest BCUT2D eigenvalue weighted by atomic mass is 16.3. The summed E-state index contributed by atoms with van der Waals surface area (Å²) in [5.41, 5.74) is 4.45. The maximum Gasteiger partial charge on any atom is 0.123 e. The van der Waals surface area contributed by atoms with Gasteiger partial charge < -0.3 is 10.2 Å². The summed E-state index contributed by atoms with van der Waals surface area (Å²) in [4.78, 5) is 0. The second-order valence-corrected chi connectivity index (χ2v) is 4.43. The molecule has 2 nitrogen and oxygen atoms in total. The van der Waals surface area contributed by atoms with Crippen molar-refractivity contribution in [2.24, 2.45) is 0 Å². The van der Waals surface area contributed by atoms with Crippen LogP contribution in [-0.4, -0.2) is 10.2 Å². The first kappa shape index (κ1) is 11.5. The highest BCUT2D eigenvalue weighted by Gasteiger charge is 2.12. The Morgan fingerprint density at radius 2 is 1.59 bits per heavy atom. The predicted octanol–water partition coefficient (Wildman–Crippen LogP) is 3.69. The third kappa shape index (κ3) is 1.98. The van der Waals surface area contributed by atoms with Gasteiger partial charge in [-0.15, -0.1) is 0 Å². The lowest BCUT2D eigenvalue weighted by atomic mass is 9.94. The topological polar surface area (TPSA) is 40.5 Å². The van der Waals surface area contributed by atoms with E-state index in [0.717, 1.165) is 27.8 Å².